The van der Waals surface area contributed by atoms with Gasteiger partial charge in [-0.25, -0.2) is 9.97 Å². The van der Waals surface area contributed by atoms with E-state index >= 15 is 0 Å². The van der Waals surface area contributed by atoms with Crippen molar-refractivity contribution in [2.45, 2.75) is 40.2 Å². The van der Waals surface area contributed by atoms with Gasteiger partial charge in [0.15, 0.2) is 0 Å². The number of halogens is 1. The molecular weight excluding hydrogens is 246 g/mol. The normalized spacial score (nSPS) is 18.5. The first-order valence-corrected chi connectivity index (χ1v) is 7.15. The summed E-state index contributed by atoms with van der Waals surface area (Å²) in [6.07, 6.45) is 2.58. The number of aromatic nitrogens is 2. The van der Waals surface area contributed by atoms with Gasteiger partial charge < -0.3 is 0 Å². The molecular formula is C14H22ClN3. The first kappa shape index (κ1) is 13.8. The van der Waals surface area contributed by atoms with Crippen molar-refractivity contribution in [3.8, 4) is 0 Å². The lowest BCUT2D eigenvalue weighted by molar-refractivity contribution is 0.149. The van der Waals surface area contributed by atoms with Crippen LogP contribution in [0.5, 0.6) is 0 Å². The van der Waals surface area contributed by atoms with Gasteiger partial charge in [-0.15, -0.1) is 0 Å². The van der Waals surface area contributed by atoms with Gasteiger partial charge in [0, 0.05) is 5.69 Å². The van der Waals surface area contributed by atoms with Crippen LogP contribution in [0.25, 0.3) is 0 Å². The molecule has 1 aromatic rings. The van der Waals surface area contributed by atoms with Crippen molar-refractivity contribution in [2.24, 2.45) is 11.8 Å². The van der Waals surface area contributed by atoms with E-state index in [1.54, 1.807) is 6.07 Å². The molecule has 0 amide bonds. The smallest absolute Gasteiger partial charge is 0.144 e. The van der Waals surface area contributed by atoms with Crippen LogP contribution in [0.3, 0.4) is 0 Å². The van der Waals surface area contributed by atoms with Crippen LogP contribution in [-0.2, 0) is 6.54 Å². The van der Waals surface area contributed by atoms with Crippen LogP contribution in [0.1, 0.15) is 38.2 Å². The molecule has 1 aliphatic heterocycles. The highest BCUT2D eigenvalue weighted by Gasteiger charge is 2.22. The van der Waals surface area contributed by atoms with Crippen molar-refractivity contribution in [1.29, 1.82) is 0 Å². The van der Waals surface area contributed by atoms with Crippen LogP contribution >= 0.6 is 11.6 Å². The summed E-state index contributed by atoms with van der Waals surface area (Å²) >= 11 is 5.96. The van der Waals surface area contributed by atoms with Gasteiger partial charge >= 0.3 is 0 Å². The van der Waals surface area contributed by atoms with Gasteiger partial charge in [0.25, 0.3) is 0 Å². The van der Waals surface area contributed by atoms with E-state index in [2.05, 4.69) is 28.7 Å². The maximum atomic E-state index is 5.96. The third kappa shape index (κ3) is 3.66. The topological polar surface area (TPSA) is 29.0 Å². The summed E-state index contributed by atoms with van der Waals surface area (Å²) in [7, 11) is 0. The fraction of sp³-hybridized carbons (Fsp3) is 0.714. The summed E-state index contributed by atoms with van der Waals surface area (Å²) in [4.78, 5) is 11.2. The summed E-state index contributed by atoms with van der Waals surface area (Å²) in [5.74, 6) is 2.53. The molecule has 0 aromatic carbocycles. The third-order valence-electron chi connectivity index (χ3n) is 3.81. The Balaban J connectivity index is 1.91. The quantitative estimate of drug-likeness (QED) is 0.787. The Morgan fingerprint density at radius 1 is 1.33 bits per heavy atom. The lowest BCUT2D eigenvalue weighted by Crippen LogP contribution is -2.35. The highest BCUT2D eigenvalue weighted by Crippen LogP contribution is 2.25. The lowest BCUT2D eigenvalue weighted by atomic mass is 9.87. The fourth-order valence-electron chi connectivity index (χ4n) is 2.64. The average Bonchev–Trinajstić information content (AvgIpc) is 2.28. The predicted octanol–water partition coefficient (Wildman–Crippen LogP) is 3.31. The van der Waals surface area contributed by atoms with Gasteiger partial charge in [-0.3, -0.25) is 4.90 Å². The summed E-state index contributed by atoms with van der Waals surface area (Å²) in [5, 5.41) is 0.551. The Morgan fingerprint density at radius 2 is 2.00 bits per heavy atom. The fourth-order valence-corrected chi connectivity index (χ4v) is 2.89. The molecule has 0 bridgehead atoms. The molecule has 0 spiro atoms. The zero-order chi connectivity index (χ0) is 13.1. The number of hydrogen-bond acceptors (Lipinski definition) is 3. The second-order valence-electron chi connectivity index (χ2n) is 5.61. The van der Waals surface area contributed by atoms with Gasteiger partial charge in [-0.1, -0.05) is 25.4 Å². The van der Waals surface area contributed by atoms with E-state index in [4.69, 9.17) is 11.6 Å². The Kier molecular flexibility index (Phi) is 4.57. The number of likely N-dealkylation sites (tertiary alicyclic amines) is 1. The zero-order valence-electron chi connectivity index (χ0n) is 11.5. The van der Waals surface area contributed by atoms with Crippen LogP contribution in [0.4, 0.5) is 0 Å². The summed E-state index contributed by atoms with van der Waals surface area (Å²) in [6, 6.07) is 1.80. The van der Waals surface area contributed by atoms with Gasteiger partial charge in [0.05, 0.1) is 6.54 Å². The number of piperidine rings is 1. The van der Waals surface area contributed by atoms with Crippen molar-refractivity contribution in [1.82, 2.24) is 14.9 Å². The Bertz CT molecular complexity index is 378. The second kappa shape index (κ2) is 5.98. The van der Waals surface area contributed by atoms with Crippen LogP contribution in [0.15, 0.2) is 6.07 Å². The highest BCUT2D eigenvalue weighted by molar-refractivity contribution is 6.29. The van der Waals surface area contributed by atoms with Crippen LogP contribution < -0.4 is 0 Å². The SMILES string of the molecule is Cc1cc(Cl)nc(CN2CCC(C(C)C)CC2)n1. The number of rotatable bonds is 3. The van der Waals surface area contributed by atoms with E-state index in [9.17, 15) is 0 Å². The monoisotopic (exact) mass is 267 g/mol. The molecule has 0 aliphatic carbocycles. The molecule has 1 aromatic heterocycles. The standard InChI is InChI=1S/C14H22ClN3/c1-10(2)12-4-6-18(7-5-12)9-14-16-11(3)8-13(15)17-14/h8,10,12H,4-7,9H2,1-3H3. The molecule has 0 saturated carbocycles. The van der Waals surface area contributed by atoms with E-state index in [1.807, 2.05) is 6.92 Å². The highest BCUT2D eigenvalue weighted by atomic mass is 35.5. The van der Waals surface area contributed by atoms with E-state index in [0.717, 1.165) is 43.0 Å². The zero-order valence-corrected chi connectivity index (χ0v) is 12.2. The maximum absolute atomic E-state index is 5.96. The largest absolute Gasteiger partial charge is 0.296 e. The second-order valence-corrected chi connectivity index (χ2v) is 5.99. The number of aryl methyl sites for hydroxylation is 1. The molecule has 0 N–H and O–H groups in total. The summed E-state index contributed by atoms with van der Waals surface area (Å²) in [6.45, 7) is 9.73. The van der Waals surface area contributed by atoms with Crippen molar-refractivity contribution in [2.75, 3.05) is 13.1 Å². The van der Waals surface area contributed by atoms with Gasteiger partial charge in [0.2, 0.25) is 0 Å². The van der Waals surface area contributed by atoms with Crippen molar-refractivity contribution >= 4 is 11.6 Å². The Morgan fingerprint density at radius 3 is 2.56 bits per heavy atom. The molecule has 18 heavy (non-hydrogen) atoms. The molecule has 1 fully saturated rings. The summed E-state index contributed by atoms with van der Waals surface area (Å²) < 4.78 is 0. The van der Waals surface area contributed by atoms with Gasteiger partial charge in [-0.05, 0) is 50.8 Å². The number of nitrogens with zero attached hydrogens (tertiary/aromatic N) is 3. The predicted molar refractivity (Wildman–Crippen MR) is 74.6 cm³/mol. The number of hydrogen-bond donors (Lipinski definition) is 0. The molecule has 0 atom stereocenters. The molecule has 2 rings (SSSR count). The maximum Gasteiger partial charge on any atom is 0.144 e. The first-order chi connectivity index (χ1) is 8.54. The first-order valence-electron chi connectivity index (χ1n) is 6.77. The van der Waals surface area contributed by atoms with Crippen LogP contribution in [0, 0.1) is 18.8 Å². The molecule has 1 aliphatic rings. The minimum atomic E-state index is 0.551. The Labute approximate surface area is 115 Å². The van der Waals surface area contributed by atoms with Crippen molar-refractivity contribution in [3.05, 3.63) is 22.7 Å². The van der Waals surface area contributed by atoms with E-state index in [1.165, 1.54) is 12.8 Å². The molecule has 3 nitrogen and oxygen atoms in total. The molecule has 2 heterocycles. The van der Waals surface area contributed by atoms with E-state index < -0.39 is 0 Å². The minimum Gasteiger partial charge on any atom is -0.296 e. The molecule has 1 saturated heterocycles. The van der Waals surface area contributed by atoms with Crippen LogP contribution in [0.2, 0.25) is 5.15 Å². The molecule has 0 radical (unpaired) electrons. The minimum absolute atomic E-state index is 0.551. The molecule has 4 heteroatoms. The van der Waals surface area contributed by atoms with E-state index in [-0.39, 0.29) is 0 Å². The van der Waals surface area contributed by atoms with Gasteiger partial charge in [0.1, 0.15) is 11.0 Å². The van der Waals surface area contributed by atoms with Crippen molar-refractivity contribution < 1.29 is 0 Å². The molecule has 0 unspecified atom stereocenters. The van der Waals surface area contributed by atoms with E-state index in [0.29, 0.717) is 5.15 Å². The third-order valence-corrected chi connectivity index (χ3v) is 4.00. The average molecular weight is 268 g/mol. The Hall–Kier alpha value is -0.670. The summed E-state index contributed by atoms with van der Waals surface area (Å²) in [5.41, 5.74) is 0.946. The van der Waals surface area contributed by atoms with Crippen molar-refractivity contribution in [3.63, 3.8) is 0 Å². The van der Waals surface area contributed by atoms with Crippen LogP contribution in [-0.4, -0.2) is 28.0 Å². The molecule has 100 valence electrons. The van der Waals surface area contributed by atoms with Gasteiger partial charge in [-0.2, -0.15) is 0 Å². The lowest BCUT2D eigenvalue weighted by Gasteiger charge is -2.33.